The fourth-order valence-corrected chi connectivity index (χ4v) is 5.59. The molecule has 8 heteroatoms. The SMILES string of the molecule is C/C=N/N=C/[C@@H](CC/C=C(/c1ccc(C)cc1)c1csc(C)c1C)CC(=O)Nc1ccc2c(c1)CO/C2=N\N(C)C. The summed E-state index contributed by atoms with van der Waals surface area (Å²) >= 11 is 1.78. The van der Waals surface area contributed by atoms with Crippen LogP contribution in [0.1, 0.15) is 64.4 Å². The van der Waals surface area contributed by atoms with Crippen molar-refractivity contribution in [3.8, 4) is 0 Å². The molecule has 1 aliphatic heterocycles. The fourth-order valence-electron chi connectivity index (χ4n) is 4.70. The minimum Gasteiger partial charge on any atom is -0.471 e. The summed E-state index contributed by atoms with van der Waals surface area (Å²) in [6, 6.07) is 14.5. The number of carbonyl (C=O) groups is 1. The molecule has 1 aromatic heterocycles. The third-order valence-corrected chi connectivity index (χ3v) is 8.02. The number of nitrogens with one attached hydrogen (secondary N) is 1. The number of carbonyl (C=O) groups excluding carboxylic acids is 1. The Balaban J connectivity index is 1.47. The maximum atomic E-state index is 13.1. The number of rotatable bonds is 11. The van der Waals surface area contributed by atoms with E-state index >= 15 is 0 Å². The number of benzene rings is 2. The van der Waals surface area contributed by atoms with Crippen LogP contribution in [0.5, 0.6) is 0 Å². The highest BCUT2D eigenvalue weighted by Crippen LogP contribution is 2.33. The first-order valence-corrected chi connectivity index (χ1v) is 14.8. The predicted octanol–water partition coefficient (Wildman–Crippen LogP) is 7.36. The molecule has 0 saturated carbocycles. The van der Waals surface area contributed by atoms with Crippen molar-refractivity contribution in [3.05, 3.63) is 92.2 Å². The van der Waals surface area contributed by atoms with E-state index in [1.165, 1.54) is 32.7 Å². The molecule has 0 spiro atoms. The Morgan fingerprint density at radius 1 is 1.12 bits per heavy atom. The van der Waals surface area contributed by atoms with Crippen molar-refractivity contribution in [3.63, 3.8) is 0 Å². The average Bonchev–Trinajstić information content (AvgIpc) is 3.48. The number of hydrazone groups is 1. The Hall–Kier alpha value is -4.04. The Kier molecular flexibility index (Phi) is 10.2. The third-order valence-electron chi connectivity index (χ3n) is 7.01. The molecule has 41 heavy (non-hydrogen) atoms. The van der Waals surface area contributed by atoms with E-state index in [1.54, 1.807) is 28.8 Å². The van der Waals surface area contributed by atoms with Crippen molar-refractivity contribution < 1.29 is 9.53 Å². The molecule has 0 aliphatic carbocycles. The fraction of sp³-hybridized carbons (Fsp3) is 0.333. The first-order valence-electron chi connectivity index (χ1n) is 13.9. The number of amides is 1. The van der Waals surface area contributed by atoms with Crippen molar-refractivity contribution >= 4 is 46.8 Å². The van der Waals surface area contributed by atoms with Gasteiger partial charge in [-0.2, -0.15) is 10.2 Å². The molecule has 0 radical (unpaired) electrons. The van der Waals surface area contributed by atoms with Crippen molar-refractivity contribution in [1.29, 1.82) is 0 Å². The molecule has 1 amide bonds. The van der Waals surface area contributed by atoms with Gasteiger partial charge in [0.25, 0.3) is 0 Å². The number of hydrogen-bond donors (Lipinski definition) is 1. The van der Waals surface area contributed by atoms with E-state index in [4.69, 9.17) is 4.74 Å². The lowest BCUT2D eigenvalue weighted by Gasteiger charge is -2.13. The summed E-state index contributed by atoms with van der Waals surface area (Å²) in [5.41, 5.74) is 8.97. The standard InChI is InChI=1S/C33H39N5O2S/c1-7-34-35-19-25(17-32(39)36-28-15-16-30-27(18-28)20-40-33(30)37-38(5)6)9-8-10-29(26-13-11-22(2)12-14-26)31-21-41-24(4)23(31)3/h7,10-16,18-19,21,25H,8-9,17,20H2,1-6H3,(H,36,39)/b29-10-,34-7+,35-19+,37-33-/t25-/m0/s1. The van der Waals surface area contributed by atoms with Gasteiger partial charge in [-0.15, -0.1) is 16.4 Å². The Morgan fingerprint density at radius 2 is 1.90 bits per heavy atom. The zero-order valence-corrected chi connectivity index (χ0v) is 25.6. The number of aryl methyl sites for hydroxylation is 2. The van der Waals surface area contributed by atoms with Crippen LogP contribution in [-0.2, 0) is 16.1 Å². The van der Waals surface area contributed by atoms with Gasteiger partial charge in [-0.25, -0.2) is 0 Å². The van der Waals surface area contributed by atoms with E-state index in [1.807, 2.05) is 39.2 Å². The Morgan fingerprint density at radius 3 is 2.59 bits per heavy atom. The summed E-state index contributed by atoms with van der Waals surface area (Å²) < 4.78 is 5.72. The molecule has 0 unspecified atom stereocenters. The molecular formula is C33H39N5O2S. The summed E-state index contributed by atoms with van der Waals surface area (Å²) in [7, 11) is 3.72. The van der Waals surface area contributed by atoms with Crippen molar-refractivity contribution in [2.75, 3.05) is 19.4 Å². The van der Waals surface area contributed by atoms with E-state index in [0.29, 0.717) is 18.9 Å². The lowest BCUT2D eigenvalue weighted by molar-refractivity contribution is -0.116. The van der Waals surface area contributed by atoms with Crippen LogP contribution >= 0.6 is 11.3 Å². The minimum absolute atomic E-state index is 0.0592. The van der Waals surface area contributed by atoms with E-state index in [0.717, 1.165) is 29.7 Å². The van der Waals surface area contributed by atoms with Gasteiger partial charge in [0.15, 0.2) is 0 Å². The monoisotopic (exact) mass is 569 g/mol. The number of thiophene rings is 1. The maximum absolute atomic E-state index is 13.1. The average molecular weight is 570 g/mol. The molecule has 0 saturated heterocycles. The van der Waals surface area contributed by atoms with Gasteiger partial charge in [0.1, 0.15) is 6.61 Å². The van der Waals surface area contributed by atoms with E-state index < -0.39 is 0 Å². The second-order valence-electron chi connectivity index (χ2n) is 10.5. The van der Waals surface area contributed by atoms with Crippen LogP contribution in [0.15, 0.2) is 69.2 Å². The highest BCUT2D eigenvalue weighted by Gasteiger charge is 2.21. The summed E-state index contributed by atoms with van der Waals surface area (Å²) in [5, 5.41) is 19.6. The molecule has 1 atom stereocenters. The summed E-state index contributed by atoms with van der Waals surface area (Å²) in [6.45, 7) is 8.72. The smallest absolute Gasteiger partial charge is 0.238 e. The highest BCUT2D eigenvalue weighted by molar-refractivity contribution is 7.10. The first-order chi connectivity index (χ1) is 19.7. The van der Waals surface area contributed by atoms with Gasteiger partial charge in [0.05, 0.1) is 0 Å². The van der Waals surface area contributed by atoms with Crippen LogP contribution in [-0.4, -0.2) is 43.3 Å². The van der Waals surface area contributed by atoms with E-state index in [2.05, 4.69) is 77.1 Å². The molecule has 1 N–H and O–H groups in total. The molecular weight excluding hydrogens is 530 g/mol. The molecule has 0 fully saturated rings. The van der Waals surface area contributed by atoms with Crippen LogP contribution in [0.3, 0.4) is 0 Å². The zero-order valence-electron chi connectivity index (χ0n) is 24.8. The van der Waals surface area contributed by atoms with E-state index in [-0.39, 0.29) is 11.8 Å². The molecule has 214 valence electrons. The number of nitrogens with zero attached hydrogens (tertiary/aromatic N) is 4. The first kappa shape index (κ1) is 29.9. The molecule has 0 bridgehead atoms. The Bertz CT molecular complexity index is 1480. The largest absolute Gasteiger partial charge is 0.471 e. The second-order valence-corrected chi connectivity index (χ2v) is 11.5. The quantitative estimate of drug-likeness (QED) is 0.194. The van der Waals surface area contributed by atoms with Crippen LogP contribution in [0.4, 0.5) is 5.69 Å². The normalized spacial score (nSPS) is 15.0. The summed E-state index contributed by atoms with van der Waals surface area (Å²) in [6.07, 6.45) is 7.63. The van der Waals surface area contributed by atoms with Gasteiger partial charge in [-0.3, -0.25) is 9.80 Å². The number of fused-ring (bicyclic) bond motifs is 1. The van der Waals surface area contributed by atoms with Crippen molar-refractivity contribution in [2.24, 2.45) is 21.2 Å². The van der Waals surface area contributed by atoms with Crippen LogP contribution in [0, 0.1) is 26.7 Å². The van der Waals surface area contributed by atoms with Crippen LogP contribution < -0.4 is 5.32 Å². The molecule has 3 aromatic rings. The van der Waals surface area contributed by atoms with Crippen LogP contribution in [0.25, 0.3) is 5.57 Å². The number of ether oxygens (including phenoxy) is 1. The highest BCUT2D eigenvalue weighted by atomic mass is 32.1. The van der Waals surface area contributed by atoms with Gasteiger partial charge in [0.2, 0.25) is 11.8 Å². The van der Waals surface area contributed by atoms with Gasteiger partial charge in [0, 0.05) is 60.6 Å². The van der Waals surface area contributed by atoms with E-state index in [9.17, 15) is 4.79 Å². The molecule has 2 heterocycles. The predicted molar refractivity (Wildman–Crippen MR) is 172 cm³/mol. The molecule has 1 aliphatic rings. The second kappa shape index (κ2) is 14.0. The number of hydrogen-bond acceptors (Lipinski definition) is 7. The molecule has 4 rings (SSSR count). The Labute approximate surface area is 247 Å². The summed E-state index contributed by atoms with van der Waals surface area (Å²) in [5.74, 6) is 0.479. The van der Waals surface area contributed by atoms with Gasteiger partial charge in [-0.1, -0.05) is 35.9 Å². The van der Waals surface area contributed by atoms with Gasteiger partial charge < -0.3 is 10.1 Å². The van der Waals surface area contributed by atoms with Crippen LogP contribution in [0.2, 0.25) is 0 Å². The van der Waals surface area contributed by atoms with Gasteiger partial charge >= 0.3 is 0 Å². The maximum Gasteiger partial charge on any atom is 0.238 e. The lowest BCUT2D eigenvalue weighted by atomic mass is 9.93. The number of anilines is 1. The number of allylic oxidation sites excluding steroid dienone is 1. The molecule has 2 aromatic carbocycles. The lowest BCUT2D eigenvalue weighted by Crippen LogP contribution is -2.17. The molecule has 7 nitrogen and oxygen atoms in total. The zero-order chi connectivity index (χ0) is 29.4. The minimum atomic E-state index is -0.0602. The van der Waals surface area contributed by atoms with Crippen molar-refractivity contribution in [2.45, 2.75) is 53.6 Å². The topological polar surface area (TPSA) is 78.6 Å². The summed E-state index contributed by atoms with van der Waals surface area (Å²) in [4.78, 5) is 14.4. The van der Waals surface area contributed by atoms with Crippen molar-refractivity contribution in [1.82, 2.24) is 5.01 Å². The third kappa shape index (κ3) is 8.01. The van der Waals surface area contributed by atoms with Gasteiger partial charge in [-0.05, 0) is 86.4 Å².